The van der Waals surface area contributed by atoms with Crippen molar-refractivity contribution < 1.29 is 14.3 Å². The van der Waals surface area contributed by atoms with E-state index in [-0.39, 0.29) is 18.3 Å². The second kappa shape index (κ2) is 3.77. The zero-order valence-electron chi connectivity index (χ0n) is 8.05. The first kappa shape index (κ1) is 10.0. The van der Waals surface area contributed by atoms with Crippen LogP contribution in [0.3, 0.4) is 0 Å². The van der Waals surface area contributed by atoms with E-state index in [4.69, 9.17) is 4.74 Å². The average molecular weight is 185 g/mol. The van der Waals surface area contributed by atoms with Crippen LogP contribution in [0.2, 0.25) is 0 Å². The van der Waals surface area contributed by atoms with Crippen LogP contribution in [0.15, 0.2) is 0 Å². The van der Waals surface area contributed by atoms with Crippen molar-refractivity contribution in [2.24, 2.45) is 5.41 Å². The number of ether oxygens (including phenoxy) is 1. The number of carbonyl (C=O) groups is 2. The largest absolute Gasteiger partial charge is 0.466 e. The van der Waals surface area contributed by atoms with Crippen LogP contribution in [0, 0.1) is 5.41 Å². The summed E-state index contributed by atoms with van der Waals surface area (Å²) in [4.78, 5) is 22.5. The molecule has 0 radical (unpaired) electrons. The van der Waals surface area contributed by atoms with Crippen molar-refractivity contribution in [2.75, 3.05) is 13.2 Å². The smallest absolute Gasteiger partial charge is 0.314 e. The highest BCUT2D eigenvalue weighted by atomic mass is 16.5. The molecule has 0 saturated carbocycles. The van der Waals surface area contributed by atoms with Crippen molar-refractivity contribution in [3.05, 3.63) is 0 Å². The van der Waals surface area contributed by atoms with Gasteiger partial charge in [0.05, 0.1) is 12.0 Å². The summed E-state index contributed by atoms with van der Waals surface area (Å²) in [6, 6.07) is 0. The fourth-order valence-electron chi connectivity index (χ4n) is 1.52. The van der Waals surface area contributed by atoms with Gasteiger partial charge in [0, 0.05) is 13.0 Å². The molecule has 0 aliphatic carbocycles. The van der Waals surface area contributed by atoms with E-state index in [1.807, 2.05) is 6.92 Å². The molecule has 1 atom stereocenters. The summed E-state index contributed by atoms with van der Waals surface area (Å²) in [5, 5.41) is 2.66. The number of carbonyl (C=O) groups excluding carboxylic acids is 2. The van der Waals surface area contributed by atoms with Gasteiger partial charge in [0.1, 0.15) is 0 Å². The summed E-state index contributed by atoms with van der Waals surface area (Å²) in [6.07, 6.45) is 0.910. The molecule has 4 nitrogen and oxygen atoms in total. The van der Waals surface area contributed by atoms with E-state index in [0.717, 1.165) is 0 Å². The van der Waals surface area contributed by atoms with Gasteiger partial charge in [0.15, 0.2) is 0 Å². The molecule has 4 heteroatoms. The lowest BCUT2D eigenvalue weighted by atomic mass is 9.84. The third-order valence-corrected chi connectivity index (χ3v) is 2.51. The second-order valence-electron chi connectivity index (χ2n) is 3.31. The maximum Gasteiger partial charge on any atom is 0.314 e. The van der Waals surface area contributed by atoms with Crippen LogP contribution in [0.5, 0.6) is 0 Å². The molecule has 0 bridgehead atoms. The maximum atomic E-state index is 11.5. The lowest BCUT2D eigenvalue weighted by molar-refractivity contribution is -0.155. The molecule has 74 valence electrons. The van der Waals surface area contributed by atoms with E-state index in [1.54, 1.807) is 6.92 Å². The van der Waals surface area contributed by atoms with Crippen molar-refractivity contribution in [1.29, 1.82) is 0 Å². The van der Waals surface area contributed by atoms with Crippen LogP contribution < -0.4 is 5.32 Å². The van der Waals surface area contributed by atoms with Gasteiger partial charge in [-0.15, -0.1) is 0 Å². The number of nitrogens with one attached hydrogen (secondary N) is 1. The minimum atomic E-state index is -0.604. The highest BCUT2D eigenvalue weighted by Crippen LogP contribution is 2.31. The summed E-state index contributed by atoms with van der Waals surface area (Å²) in [6.45, 7) is 4.46. The first-order valence-electron chi connectivity index (χ1n) is 4.58. The molecule has 0 aromatic carbocycles. The minimum absolute atomic E-state index is 0.0603. The molecular weight excluding hydrogens is 170 g/mol. The molecule has 0 spiro atoms. The molecule has 0 aromatic heterocycles. The third kappa shape index (κ3) is 1.82. The summed E-state index contributed by atoms with van der Waals surface area (Å²) in [5.74, 6) is -0.314. The van der Waals surface area contributed by atoms with E-state index in [1.165, 1.54) is 0 Å². The average Bonchev–Trinajstić information content (AvgIpc) is 2.49. The summed E-state index contributed by atoms with van der Waals surface area (Å²) < 4.78 is 4.94. The number of rotatable bonds is 3. The van der Waals surface area contributed by atoms with Gasteiger partial charge in [-0.2, -0.15) is 0 Å². The lowest BCUT2D eigenvalue weighted by Gasteiger charge is -2.22. The van der Waals surface area contributed by atoms with E-state index in [2.05, 4.69) is 5.32 Å². The topological polar surface area (TPSA) is 55.4 Å². The molecule has 1 aliphatic heterocycles. The fraction of sp³-hybridized carbons (Fsp3) is 0.778. The van der Waals surface area contributed by atoms with Gasteiger partial charge in [-0.1, -0.05) is 6.92 Å². The van der Waals surface area contributed by atoms with Gasteiger partial charge in [0.25, 0.3) is 0 Å². The van der Waals surface area contributed by atoms with Crippen molar-refractivity contribution in [3.8, 4) is 0 Å². The van der Waals surface area contributed by atoms with Crippen molar-refractivity contribution in [3.63, 3.8) is 0 Å². The normalized spacial score (nSPS) is 27.1. The van der Waals surface area contributed by atoms with E-state index >= 15 is 0 Å². The first-order chi connectivity index (χ1) is 6.14. The Labute approximate surface area is 77.6 Å². The van der Waals surface area contributed by atoms with Crippen LogP contribution in [0.25, 0.3) is 0 Å². The van der Waals surface area contributed by atoms with E-state index in [9.17, 15) is 9.59 Å². The number of esters is 1. The van der Waals surface area contributed by atoms with Crippen LogP contribution in [0.1, 0.15) is 26.7 Å². The molecule has 1 heterocycles. The molecule has 13 heavy (non-hydrogen) atoms. The zero-order chi connectivity index (χ0) is 9.90. The van der Waals surface area contributed by atoms with Gasteiger partial charge < -0.3 is 10.1 Å². The Bertz CT molecular complexity index is 227. The van der Waals surface area contributed by atoms with Gasteiger partial charge in [-0.3, -0.25) is 9.59 Å². The van der Waals surface area contributed by atoms with Crippen LogP contribution in [-0.4, -0.2) is 25.0 Å². The highest BCUT2D eigenvalue weighted by molar-refractivity contribution is 5.89. The Morgan fingerprint density at radius 3 is 2.69 bits per heavy atom. The Morgan fingerprint density at radius 1 is 1.62 bits per heavy atom. The lowest BCUT2D eigenvalue weighted by Crippen LogP contribution is -2.34. The quantitative estimate of drug-likeness (QED) is 0.650. The molecule has 1 unspecified atom stereocenters. The number of hydrogen-bond donors (Lipinski definition) is 1. The van der Waals surface area contributed by atoms with Gasteiger partial charge in [-0.05, 0) is 13.3 Å². The molecule has 1 amide bonds. The molecule has 1 saturated heterocycles. The Kier molecular flexibility index (Phi) is 2.90. The second-order valence-corrected chi connectivity index (χ2v) is 3.31. The highest BCUT2D eigenvalue weighted by Gasteiger charge is 2.44. The first-order valence-corrected chi connectivity index (χ1v) is 4.58. The van der Waals surface area contributed by atoms with Crippen molar-refractivity contribution in [1.82, 2.24) is 5.32 Å². The minimum Gasteiger partial charge on any atom is -0.466 e. The van der Waals surface area contributed by atoms with Gasteiger partial charge in [0.2, 0.25) is 5.91 Å². The van der Waals surface area contributed by atoms with Gasteiger partial charge in [-0.25, -0.2) is 0 Å². The Hall–Kier alpha value is -1.06. The molecule has 1 aliphatic rings. The number of amides is 1. The molecular formula is C9H15NO3. The maximum absolute atomic E-state index is 11.5. The SMILES string of the molecule is CCOC(=O)C1(CC)CNC(=O)C1. The van der Waals surface area contributed by atoms with Crippen molar-refractivity contribution in [2.45, 2.75) is 26.7 Å². The zero-order valence-corrected chi connectivity index (χ0v) is 8.05. The van der Waals surface area contributed by atoms with E-state index in [0.29, 0.717) is 19.6 Å². The summed E-state index contributed by atoms with van der Waals surface area (Å²) in [7, 11) is 0. The van der Waals surface area contributed by atoms with Crippen LogP contribution in [-0.2, 0) is 14.3 Å². The molecule has 1 N–H and O–H groups in total. The summed E-state index contributed by atoms with van der Waals surface area (Å²) in [5.41, 5.74) is -0.604. The van der Waals surface area contributed by atoms with Gasteiger partial charge >= 0.3 is 5.97 Å². The fourth-order valence-corrected chi connectivity index (χ4v) is 1.52. The predicted molar refractivity (Wildman–Crippen MR) is 47.0 cm³/mol. The third-order valence-electron chi connectivity index (χ3n) is 2.51. The predicted octanol–water partition coefficient (Wildman–Crippen LogP) is 0.466. The molecule has 1 rings (SSSR count). The van der Waals surface area contributed by atoms with E-state index < -0.39 is 5.41 Å². The molecule has 1 fully saturated rings. The van der Waals surface area contributed by atoms with Crippen LogP contribution >= 0.6 is 0 Å². The Balaban J connectivity index is 2.70. The Morgan fingerprint density at radius 2 is 2.31 bits per heavy atom. The molecule has 0 aromatic rings. The van der Waals surface area contributed by atoms with Crippen molar-refractivity contribution >= 4 is 11.9 Å². The standard InChI is InChI=1S/C9H15NO3/c1-3-9(8(12)13-4-2)5-7(11)10-6-9/h3-6H2,1-2H3,(H,10,11). The van der Waals surface area contributed by atoms with Crippen LogP contribution in [0.4, 0.5) is 0 Å². The monoisotopic (exact) mass is 185 g/mol. The number of hydrogen-bond acceptors (Lipinski definition) is 3. The summed E-state index contributed by atoms with van der Waals surface area (Å²) >= 11 is 0.